The topological polar surface area (TPSA) is 93.4 Å². The van der Waals surface area contributed by atoms with Crippen molar-refractivity contribution in [3.8, 4) is 0 Å². The molecule has 9 heteroatoms. The summed E-state index contributed by atoms with van der Waals surface area (Å²) < 4.78 is 28.6. The Morgan fingerprint density at radius 3 is 2.81 bits per heavy atom. The minimum absolute atomic E-state index is 0.0249. The van der Waals surface area contributed by atoms with E-state index in [1.807, 2.05) is 13.8 Å². The van der Waals surface area contributed by atoms with Gasteiger partial charge >= 0.3 is 0 Å². The molecule has 1 atom stereocenters. The van der Waals surface area contributed by atoms with Crippen LogP contribution in [-0.2, 0) is 15.6 Å². The number of aromatic nitrogens is 2. The predicted octanol–water partition coefficient (Wildman–Crippen LogP) is 2.24. The molecular formula is C17H21N3O4S2. The molecule has 0 unspecified atom stereocenters. The van der Waals surface area contributed by atoms with E-state index in [-0.39, 0.29) is 23.5 Å². The van der Waals surface area contributed by atoms with Gasteiger partial charge in [0, 0.05) is 30.6 Å². The normalized spacial score (nSPS) is 18.8. The Labute approximate surface area is 157 Å². The van der Waals surface area contributed by atoms with Crippen LogP contribution in [0.5, 0.6) is 0 Å². The maximum atomic E-state index is 12.9. The highest BCUT2D eigenvalue weighted by molar-refractivity contribution is 7.98. The van der Waals surface area contributed by atoms with Gasteiger partial charge < -0.3 is 9.42 Å². The molecule has 3 rings (SSSR count). The molecule has 2 aromatic rings. The molecule has 1 aliphatic rings. The third-order valence-electron chi connectivity index (χ3n) is 4.61. The van der Waals surface area contributed by atoms with Crippen molar-refractivity contribution in [2.75, 3.05) is 18.6 Å². The molecule has 1 amide bonds. The van der Waals surface area contributed by atoms with E-state index in [1.165, 1.54) is 16.7 Å². The Kier molecular flexibility index (Phi) is 5.38. The molecule has 1 fully saturated rings. The first-order valence-electron chi connectivity index (χ1n) is 8.25. The lowest BCUT2D eigenvalue weighted by molar-refractivity contribution is 0.0743. The molecule has 2 aromatic heterocycles. The standard InChI is InChI=1S/C17H21N3O4S2/c1-11-15(12(2)24-19-11)9-25-16-14(5-4-7-18-16)17(21)20(3)13-6-8-26(22,23)10-13/h4-5,7,13H,6,8-10H2,1-3H3/t13-/m1/s1. The zero-order chi connectivity index (χ0) is 18.9. The molecule has 140 valence electrons. The van der Waals surface area contributed by atoms with Gasteiger partial charge in [-0.3, -0.25) is 4.79 Å². The lowest BCUT2D eigenvalue weighted by atomic mass is 10.2. The van der Waals surface area contributed by atoms with Crippen molar-refractivity contribution in [3.05, 3.63) is 40.9 Å². The lowest BCUT2D eigenvalue weighted by Crippen LogP contribution is -2.38. The first kappa shape index (κ1) is 18.9. The van der Waals surface area contributed by atoms with E-state index < -0.39 is 9.84 Å². The van der Waals surface area contributed by atoms with Crippen LogP contribution in [0, 0.1) is 13.8 Å². The Morgan fingerprint density at radius 1 is 1.42 bits per heavy atom. The summed E-state index contributed by atoms with van der Waals surface area (Å²) in [5, 5.41) is 4.56. The quantitative estimate of drug-likeness (QED) is 0.717. The fourth-order valence-corrected chi connectivity index (χ4v) is 5.87. The van der Waals surface area contributed by atoms with Gasteiger partial charge in [0.15, 0.2) is 9.84 Å². The fraction of sp³-hybridized carbons (Fsp3) is 0.471. The van der Waals surface area contributed by atoms with Gasteiger partial charge in [-0.15, -0.1) is 11.8 Å². The van der Waals surface area contributed by atoms with E-state index in [0.717, 1.165) is 17.0 Å². The molecule has 26 heavy (non-hydrogen) atoms. The number of carbonyl (C=O) groups excluding carboxylic acids is 1. The summed E-state index contributed by atoms with van der Waals surface area (Å²) in [6.07, 6.45) is 2.12. The molecule has 3 heterocycles. The predicted molar refractivity (Wildman–Crippen MR) is 98.9 cm³/mol. The monoisotopic (exact) mass is 395 g/mol. The van der Waals surface area contributed by atoms with Gasteiger partial charge in [0.1, 0.15) is 10.8 Å². The molecular weight excluding hydrogens is 374 g/mol. The van der Waals surface area contributed by atoms with Crippen molar-refractivity contribution < 1.29 is 17.7 Å². The van der Waals surface area contributed by atoms with Crippen molar-refractivity contribution >= 4 is 27.5 Å². The maximum Gasteiger partial charge on any atom is 0.256 e. The smallest absolute Gasteiger partial charge is 0.256 e. The average Bonchev–Trinajstić information content (AvgIpc) is 3.14. The van der Waals surface area contributed by atoms with E-state index in [1.54, 1.807) is 25.4 Å². The van der Waals surface area contributed by atoms with Crippen molar-refractivity contribution in [3.63, 3.8) is 0 Å². The SMILES string of the molecule is Cc1noc(C)c1CSc1ncccc1C(=O)N(C)[C@@H]1CCS(=O)(=O)C1. The minimum atomic E-state index is -3.05. The highest BCUT2D eigenvalue weighted by atomic mass is 32.2. The maximum absolute atomic E-state index is 12.9. The number of nitrogens with zero attached hydrogens (tertiary/aromatic N) is 3. The Morgan fingerprint density at radius 2 is 2.19 bits per heavy atom. The summed E-state index contributed by atoms with van der Waals surface area (Å²) in [6.45, 7) is 3.74. The van der Waals surface area contributed by atoms with Crippen molar-refractivity contribution in [1.29, 1.82) is 0 Å². The molecule has 1 saturated heterocycles. The van der Waals surface area contributed by atoms with Crippen molar-refractivity contribution in [2.45, 2.75) is 37.1 Å². The van der Waals surface area contributed by atoms with Crippen LogP contribution in [0.4, 0.5) is 0 Å². The van der Waals surface area contributed by atoms with Crippen LogP contribution in [-0.4, -0.2) is 54.0 Å². The summed E-state index contributed by atoms with van der Waals surface area (Å²) in [7, 11) is -1.39. The van der Waals surface area contributed by atoms with E-state index in [9.17, 15) is 13.2 Å². The largest absolute Gasteiger partial charge is 0.361 e. The average molecular weight is 396 g/mol. The van der Waals surface area contributed by atoms with Gasteiger partial charge in [-0.05, 0) is 32.4 Å². The first-order chi connectivity index (χ1) is 12.3. The lowest BCUT2D eigenvalue weighted by Gasteiger charge is -2.24. The summed E-state index contributed by atoms with van der Waals surface area (Å²) >= 11 is 1.44. The summed E-state index contributed by atoms with van der Waals surface area (Å²) in [4.78, 5) is 18.8. The number of hydrogen-bond donors (Lipinski definition) is 0. The van der Waals surface area contributed by atoms with Crippen LogP contribution in [0.1, 0.15) is 33.8 Å². The molecule has 7 nitrogen and oxygen atoms in total. The second kappa shape index (κ2) is 7.40. The van der Waals surface area contributed by atoms with E-state index in [4.69, 9.17) is 4.52 Å². The molecule has 1 aliphatic heterocycles. The molecule has 0 saturated carbocycles. The summed E-state index contributed by atoms with van der Waals surface area (Å²) in [5.41, 5.74) is 2.30. The first-order valence-corrected chi connectivity index (χ1v) is 11.1. The number of hydrogen-bond acceptors (Lipinski definition) is 7. The zero-order valence-corrected chi connectivity index (χ0v) is 16.6. The second-order valence-electron chi connectivity index (χ2n) is 6.42. The number of carbonyl (C=O) groups is 1. The van der Waals surface area contributed by atoms with Crippen LogP contribution >= 0.6 is 11.8 Å². The van der Waals surface area contributed by atoms with Gasteiger partial charge in [0.2, 0.25) is 0 Å². The number of thioether (sulfide) groups is 1. The number of amides is 1. The van der Waals surface area contributed by atoms with Crippen molar-refractivity contribution in [1.82, 2.24) is 15.0 Å². The number of aryl methyl sites for hydroxylation is 2. The van der Waals surface area contributed by atoms with E-state index in [0.29, 0.717) is 22.8 Å². The molecule has 0 N–H and O–H groups in total. The highest BCUT2D eigenvalue weighted by Gasteiger charge is 2.33. The van der Waals surface area contributed by atoms with Gasteiger partial charge in [-0.25, -0.2) is 13.4 Å². The van der Waals surface area contributed by atoms with Crippen LogP contribution in [0.3, 0.4) is 0 Å². The van der Waals surface area contributed by atoms with Crippen molar-refractivity contribution in [2.24, 2.45) is 0 Å². The Balaban J connectivity index is 1.77. The number of sulfone groups is 1. The minimum Gasteiger partial charge on any atom is -0.361 e. The summed E-state index contributed by atoms with van der Waals surface area (Å²) in [6, 6.07) is 3.16. The Bertz CT molecular complexity index is 904. The van der Waals surface area contributed by atoms with Crippen LogP contribution in [0.2, 0.25) is 0 Å². The van der Waals surface area contributed by atoms with Gasteiger partial charge in [0.25, 0.3) is 5.91 Å². The third kappa shape index (κ3) is 3.93. The molecule has 0 radical (unpaired) electrons. The van der Waals surface area contributed by atoms with Crippen LogP contribution in [0.25, 0.3) is 0 Å². The van der Waals surface area contributed by atoms with E-state index >= 15 is 0 Å². The fourth-order valence-electron chi connectivity index (χ4n) is 2.95. The van der Waals surface area contributed by atoms with E-state index in [2.05, 4.69) is 10.1 Å². The number of pyridine rings is 1. The zero-order valence-electron chi connectivity index (χ0n) is 14.9. The molecule has 0 aromatic carbocycles. The van der Waals surface area contributed by atoms with Gasteiger partial charge in [0.05, 0.1) is 22.8 Å². The van der Waals surface area contributed by atoms with Gasteiger partial charge in [-0.1, -0.05) is 5.16 Å². The molecule has 0 aliphatic carbocycles. The van der Waals surface area contributed by atoms with Crippen LogP contribution < -0.4 is 0 Å². The Hall–Kier alpha value is -1.87. The van der Waals surface area contributed by atoms with Gasteiger partial charge in [-0.2, -0.15) is 0 Å². The summed E-state index contributed by atoms with van der Waals surface area (Å²) in [5.74, 6) is 1.31. The molecule has 0 spiro atoms. The van der Waals surface area contributed by atoms with Crippen LogP contribution in [0.15, 0.2) is 27.9 Å². The number of rotatable bonds is 5. The third-order valence-corrected chi connectivity index (χ3v) is 7.39. The highest BCUT2D eigenvalue weighted by Crippen LogP contribution is 2.28. The molecule has 0 bridgehead atoms. The second-order valence-corrected chi connectivity index (χ2v) is 9.61.